The molecule has 1 aliphatic rings. The molecule has 0 unspecified atom stereocenters. The predicted molar refractivity (Wildman–Crippen MR) is 46.3 cm³/mol. The van der Waals surface area contributed by atoms with Crippen molar-refractivity contribution in [2.75, 3.05) is 6.61 Å². The summed E-state index contributed by atoms with van der Waals surface area (Å²) < 4.78 is 4.76. The first-order valence-electron chi connectivity index (χ1n) is 3.96. The molecule has 1 heterocycles. The van der Waals surface area contributed by atoms with Crippen molar-refractivity contribution in [2.45, 2.75) is 25.7 Å². The zero-order chi connectivity index (χ0) is 11.2. The molecule has 0 bridgehead atoms. The first-order valence-corrected chi connectivity index (χ1v) is 3.96. The Hall–Kier alpha value is -1.77. The second-order valence-corrected chi connectivity index (χ2v) is 2.24. The van der Waals surface area contributed by atoms with Crippen LogP contribution in [0.5, 0.6) is 0 Å². The molecule has 6 heteroatoms. The topological polar surface area (TPSA) is 108 Å². The molecule has 1 aliphatic heterocycles. The lowest BCUT2D eigenvalue weighted by Gasteiger charge is -1.93. The van der Waals surface area contributed by atoms with Gasteiger partial charge in [-0.05, 0) is 19.3 Å². The average molecular weight is 200 g/mol. The molecule has 78 valence electrons. The summed E-state index contributed by atoms with van der Waals surface area (Å²) in [4.78, 5) is 27.2. The highest BCUT2D eigenvalue weighted by atomic mass is 16.5. The first kappa shape index (κ1) is 14.7. The summed E-state index contributed by atoms with van der Waals surface area (Å²) in [5.74, 6) is -0.0255. The molecule has 1 saturated heterocycles. The van der Waals surface area contributed by atoms with E-state index in [4.69, 9.17) is 25.1 Å². The molecular weight excluding hydrogens is 188 g/mol. The monoisotopic (exact) mass is 200 g/mol. The van der Waals surface area contributed by atoms with E-state index in [9.17, 15) is 4.79 Å². The first-order chi connectivity index (χ1) is 6.72. The molecule has 0 amide bonds. The van der Waals surface area contributed by atoms with Crippen molar-refractivity contribution in [3.05, 3.63) is 0 Å². The smallest absolute Gasteiger partial charge is 0.305 e. The molecule has 0 atom stereocenters. The number of carbonyl (C=O) groups excluding carboxylic acids is 3. The lowest BCUT2D eigenvalue weighted by Crippen LogP contribution is -2.00. The summed E-state index contributed by atoms with van der Waals surface area (Å²) in [5, 5.41) is 10.8. The Labute approximate surface area is 81.3 Å². The number of nitrogens with one attached hydrogen (secondary N) is 2. The van der Waals surface area contributed by atoms with Crippen LogP contribution >= 0.6 is 0 Å². The van der Waals surface area contributed by atoms with E-state index in [1.165, 1.54) is 0 Å². The third kappa shape index (κ3) is 16.7. The van der Waals surface area contributed by atoms with E-state index in [1.54, 1.807) is 0 Å². The van der Waals surface area contributed by atoms with Crippen molar-refractivity contribution in [3.63, 3.8) is 0 Å². The highest BCUT2D eigenvalue weighted by Gasteiger charge is 2.05. The van der Waals surface area contributed by atoms with Gasteiger partial charge in [-0.2, -0.15) is 0 Å². The van der Waals surface area contributed by atoms with Crippen LogP contribution < -0.4 is 0 Å². The van der Waals surface area contributed by atoms with Crippen LogP contribution in [0.15, 0.2) is 0 Å². The van der Waals surface area contributed by atoms with Gasteiger partial charge in [0.2, 0.25) is 12.2 Å². The van der Waals surface area contributed by atoms with Crippen LogP contribution in [0.1, 0.15) is 25.7 Å². The van der Waals surface area contributed by atoms with Crippen molar-refractivity contribution < 1.29 is 19.1 Å². The maximum Gasteiger partial charge on any atom is 0.305 e. The van der Waals surface area contributed by atoms with Gasteiger partial charge in [0.1, 0.15) is 0 Å². The Morgan fingerprint density at radius 2 is 1.57 bits per heavy atom. The van der Waals surface area contributed by atoms with Crippen molar-refractivity contribution in [3.8, 4) is 0 Å². The van der Waals surface area contributed by atoms with Crippen LogP contribution in [-0.2, 0) is 19.1 Å². The van der Waals surface area contributed by atoms with E-state index in [1.807, 2.05) is 0 Å². The van der Waals surface area contributed by atoms with Gasteiger partial charge in [0.25, 0.3) is 0 Å². The minimum absolute atomic E-state index is 0.0255. The molecule has 1 rings (SSSR count). The predicted octanol–water partition coefficient (Wildman–Crippen LogP) is 0.906. The number of rotatable bonds is 0. The van der Waals surface area contributed by atoms with Gasteiger partial charge in [0, 0.05) is 6.42 Å². The minimum atomic E-state index is -0.0255. The Morgan fingerprint density at radius 1 is 1.07 bits per heavy atom. The molecule has 0 aromatic heterocycles. The lowest BCUT2D eigenvalue weighted by molar-refractivity contribution is -0.142. The van der Waals surface area contributed by atoms with Crippen molar-refractivity contribution in [2.24, 2.45) is 0 Å². The second-order valence-electron chi connectivity index (χ2n) is 2.24. The minimum Gasteiger partial charge on any atom is -0.466 e. The Balaban J connectivity index is 0. The molecule has 0 radical (unpaired) electrons. The zero-order valence-electron chi connectivity index (χ0n) is 7.67. The summed E-state index contributed by atoms with van der Waals surface area (Å²) in [6.07, 6.45) is 5.33. The van der Waals surface area contributed by atoms with Gasteiger partial charge in [-0.1, -0.05) is 0 Å². The van der Waals surface area contributed by atoms with E-state index in [0.717, 1.165) is 31.4 Å². The van der Waals surface area contributed by atoms with Gasteiger partial charge in [-0.15, -0.1) is 0 Å². The Morgan fingerprint density at radius 3 is 2.07 bits per heavy atom. The molecule has 0 aromatic carbocycles. The van der Waals surface area contributed by atoms with Crippen molar-refractivity contribution >= 4 is 18.1 Å². The van der Waals surface area contributed by atoms with E-state index >= 15 is 0 Å². The molecular formula is C8H12N2O4. The maximum atomic E-state index is 10.5. The van der Waals surface area contributed by atoms with Gasteiger partial charge in [-0.3, -0.25) is 4.79 Å². The van der Waals surface area contributed by atoms with E-state index < -0.39 is 0 Å². The molecule has 0 aliphatic carbocycles. The molecule has 2 N–H and O–H groups in total. The van der Waals surface area contributed by atoms with E-state index in [2.05, 4.69) is 0 Å². The number of hydrogen-bond acceptors (Lipinski definition) is 6. The third-order valence-electron chi connectivity index (χ3n) is 1.29. The summed E-state index contributed by atoms with van der Waals surface area (Å²) in [6, 6.07) is 0. The SMILES string of the molecule is N=C=O.N=C=O.O=C1CCCCCO1. The number of esters is 1. The highest BCUT2D eigenvalue weighted by Crippen LogP contribution is 2.06. The van der Waals surface area contributed by atoms with Crippen LogP contribution in [0.2, 0.25) is 0 Å². The fraction of sp³-hybridized carbons (Fsp3) is 0.625. The number of carbonyl (C=O) groups is 1. The summed E-state index contributed by atoms with van der Waals surface area (Å²) >= 11 is 0. The van der Waals surface area contributed by atoms with Crippen molar-refractivity contribution in [1.82, 2.24) is 0 Å². The molecule has 0 spiro atoms. The highest BCUT2D eigenvalue weighted by molar-refractivity contribution is 5.69. The summed E-state index contributed by atoms with van der Waals surface area (Å²) in [5.41, 5.74) is 0. The molecule has 6 nitrogen and oxygen atoms in total. The van der Waals surface area contributed by atoms with Crippen LogP contribution in [0, 0.1) is 10.8 Å². The van der Waals surface area contributed by atoms with Crippen molar-refractivity contribution in [1.29, 1.82) is 10.8 Å². The molecule has 0 aromatic rings. The summed E-state index contributed by atoms with van der Waals surface area (Å²) in [6.45, 7) is 0.638. The zero-order valence-corrected chi connectivity index (χ0v) is 7.67. The summed E-state index contributed by atoms with van der Waals surface area (Å²) in [7, 11) is 0. The standard InChI is InChI=1S/C6H10O2.2CHNO/c7-6-4-2-1-3-5-8-6;2*2-1-3/h1-5H2;2*2H. The largest absolute Gasteiger partial charge is 0.466 e. The van der Waals surface area contributed by atoms with E-state index in [-0.39, 0.29) is 5.97 Å². The number of hydrogen-bond donors (Lipinski definition) is 2. The lowest BCUT2D eigenvalue weighted by atomic mass is 10.2. The van der Waals surface area contributed by atoms with Gasteiger partial charge in [-0.25, -0.2) is 20.4 Å². The number of ether oxygens (including phenoxy) is 1. The van der Waals surface area contributed by atoms with Gasteiger partial charge < -0.3 is 4.74 Å². The van der Waals surface area contributed by atoms with Gasteiger partial charge >= 0.3 is 5.97 Å². The quantitative estimate of drug-likeness (QED) is 0.344. The Kier molecular flexibility index (Phi) is 14.5. The third-order valence-corrected chi connectivity index (χ3v) is 1.29. The van der Waals surface area contributed by atoms with Crippen LogP contribution in [0.3, 0.4) is 0 Å². The average Bonchev–Trinajstić information content (AvgIpc) is 2.35. The van der Waals surface area contributed by atoms with Crippen LogP contribution in [0.4, 0.5) is 0 Å². The fourth-order valence-corrected chi connectivity index (χ4v) is 0.806. The van der Waals surface area contributed by atoms with Gasteiger partial charge in [0.05, 0.1) is 6.61 Å². The molecule has 0 saturated carbocycles. The van der Waals surface area contributed by atoms with E-state index in [0.29, 0.717) is 13.0 Å². The van der Waals surface area contributed by atoms with Gasteiger partial charge in [0.15, 0.2) is 0 Å². The van der Waals surface area contributed by atoms with Crippen LogP contribution in [0.25, 0.3) is 0 Å². The number of isocyanates is 2. The number of cyclic esters (lactones) is 1. The normalized spacial score (nSPS) is 13.6. The molecule has 1 fully saturated rings. The second kappa shape index (κ2) is 13.8. The fourth-order valence-electron chi connectivity index (χ4n) is 0.806. The Bertz CT molecular complexity index is 193. The maximum absolute atomic E-state index is 10.5. The van der Waals surface area contributed by atoms with Crippen LogP contribution in [-0.4, -0.2) is 24.7 Å². The molecule has 14 heavy (non-hydrogen) atoms.